The molecule has 3 aliphatic carbocycles. The summed E-state index contributed by atoms with van der Waals surface area (Å²) in [7, 11) is 0. The lowest BCUT2D eigenvalue weighted by Gasteiger charge is -2.48. The van der Waals surface area contributed by atoms with E-state index in [0.717, 1.165) is 38.0 Å². The minimum Gasteiger partial charge on any atom is -0.493 e. The van der Waals surface area contributed by atoms with Crippen molar-refractivity contribution in [1.29, 1.82) is 0 Å². The number of benzene rings is 1. The standard InChI is InChI=1S/C22H30O2/c1-14(2)13-24-16-5-7-17-15(12-16)4-6-19-18(17)10-11-22(3)20(19)8-9-21(22)23/h5,7,12,14,18-20H,4,6,8-11,13H2,1-3H3/t18-,19-,20+,22-/m0/s1. The summed E-state index contributed by atoms with van der Waals surface area (Å²) in [6, 6.07) is 6.76. The number of rotatable bonds is 3. The molecule has 0 radical (unpaired) electrons. The number of hydrogen-bond acceptors (Lipinski definition) is 2. The van der Waals surface area contributed by atoms with E-state index in [1.807, 2.05) is 0 Å². The second-order valence-corrected chi connectivity index (χ2v) is 8.90. The molecule has 0 bridgehead atoms. The average Bonchev–Trinajstić information content (AvgIpc) is 2.88. The molecule has 0 unspecified atom stereocenters. The first-order valence-electron chi connectivity index (χ1n) is 9.78. The van der Waals surface area contributed by atoms with Crippen molar-refractivity contribution < 1.29 is 9.53 Å². The zero-order valence-corrected chi connectivity index (χ0v) is 15.3. The molecule has 2 fully saturated rings. The molecule has 0 saturated heterocycles. The number of fused-ring (bicyclic) bond motifs is 5. The number of Topliss-reactive ketones (excluding diaryl/α,β-unsaturated/α-hetero) is 1. The number of aryl methyl sites for hydroxylation is 1. The lowest BCUT2D eigenvalue weighted by atomic mass is 9.55. The fraction of sp³-hybridized carbons (Fsp3) is 0.682. The first-order chi connectivity index (χ1) is 11.5. The highest BCUT2D eigenvalue weighted by molar-refractivity contribution is 5.87. The molecule has 4 atom stereocenters. The Morgan fingerprint density at radius 1 is 1.21 bits per heavy atom. The van der Waals surface area contributed by atoms with Crippen molar-refractivity contribution in [2.24, 2.45) is 23.2 Å². The summed E-state index contributed by atoms with van der Waals surface area (Å²) in [5.74, 6) is 4.11. The monoisotopic (exact) mass is 326 g/mol. The fourth-order valence-electron chi connectivity index (χ4n) is 5.68. The SMILES string of the molecule is CC(C)COc1ccc2c(c1)CC[C@@H]1[C@H]3CCC(=O)[C@@]3(C)CC[C@@H]21. The van der Waals surface area contributed by atoms with Crippen molar-refractivity contribution in [2.75, 3.05) is 6.61 Å². The smallest absolute Gasteiger partial charge is 0.139 e. The minimum atomic E-state index is -0.0149. The van der Waals surface area contributed by atoms with Crippen LogP contribution in [-0.2, 0) is 11.2 Å². The Bertz CT molecular complexity index is 647. The molecular weight excluding hydrogens is 296 g/mol. The Morgan fingerprint density at radius 2 is 2.04 bits per heavy atom. The Kier molecular flexibility index (Phi) is 3.97. The van der Waals surface area contributed by atoms with E-state index in [4.69, 9.17) is 4.74 Å². The van der Waals surface area contributed by atoms with Crippen molar-refractivity contribution in [3.8, 4) is 5.75 Å². The van der Waals surface area contributed by atoms with Crippen LogP contribution in [-0.4, -0.2) is 12.4 Å². The van der Waals surface area contributed by atoms with Gasteiger partial charge in [0, 0.05) is 11.8 Å². The lowest BCUT2D eigenvalue weighted by Crippen LogP contribution is -2.42. The minimum absolute atomic E-state index is 0.0149. The van der Waals surface area contributed by atoms with Crippen molar-refractivity contribution in [1.82, 2.24) is 0 Å². The highest BCUT2D eigenvalue weighted by Gasteiger charge is 2.54. The molecule has 130 valence electrons. The molecule has 24 heavy (non-hydrogen) atoms. The van der Waals surface area contributed by atoms with E-state index in [9.17, 15) is 4.79 Å². The molecule has 0 aliphatic heterocycles. The van der Waals surface area contributed by atoms with Gasteiger partial charge in [-0.15, -0.1) is 0 Å². The van der Waals surface area contributed by atoms with Crippen LogP contribution >= 0.6 is 0 Å². The Balaban J connectivity index is 1.58. The lowest BCUT2D eigenvalue weighted by molar-refractivity contribution is -0.129. The normalized spacial score (nSPS) is 34.7. The molecular formula is C22H30O2. The summed E-state index contributed by atoms with van der Waals surface area (Å²) < 4.78 is 5.92. The van der Waals surface area contributed by atoms with E-state index >= 15 is 0 Å². The van der Waals surface area contributed by atoms with Crippen LogP contribution in [0, 0.1) is 23.2 Å². The van der Waals surface area contributed by atoms with Gasteiger partial charge in [-0.05, 0) is 79.0 Å². The Labute approximate surface area is 146 Å². The summed E-state index contributed by atoms with van der Waals surface area (Å²) >= 11 is 0. The van der Waals surface area contributed by atoms with E-state index in [1.165, 1.54) is 18.4 Å². The van der Waals surface area contributed by atoms with Gasteiger partial charge in [-0.3, -0.25) is 4.79 Å². The maximum Gasteiger partial charge on any atom is 0.139 e. The second-order valence-electron chi connectivity index (χ2n) is 8.90. The average molecular weight is 326 g/mol. The van der Waals surface area contributed by atoms with Crippen LogP contribution in [0.4, 0.5) is 0 Å². The summed E-state index contributed by atoms with van der Waals surface area (Å²) in [6.07, 6.45) is 6.61. The van der Waals surface area contributed by atoms with Gasteiger partial charge in [-0.25, -0.2) is 0 Å². The van der Waals surface area contributed by atoms with Crippen LogP contribution in [0.2, 0.25) is 0 Å². The third-order valence-electron chi connectivity index (χ3n) is 6.99. The van der Waals surface area contributed by atoms with E-state index in [2.05, 4.69) is 39.0 Å². The van der Waals surface area contributed by atoms with Gasteiger partial charge in [0.25, 0.3) is 0 Å². The number of carbonyl (C=O) groups excluding carboxylic acids is 1. The summed E-state index contributed by atoms with van der Waals surface area (Å²) in [5.41, 5.74) is 3.02. The van der Waals surface area contributed by atoms with Gasteiger partial charge in [0.2, 0.25) is 0 Å². The summed E-state index contributed by atoms with van der Waals surface area (Å²) in [4.78, 5) is 12.4. The van der Waals surface area contributed by atoms with Crippen molar-refractivity contribution in [3.63, 3.8) is 0 Å². The van der Waals surface area contributed by atoms with Gasteiger partial charge in [-0.2, -0.15) is 0 Å². The maximum absolute atomic E-state index is 12.4. The molecule has 1 aromatic carbocycles. The van der Waals surface area contributed by atoms with Gasteiger partial charge < -0.3 is 4.74 Å². The molecule has 4 rings (SSSR count). The van der Waals surface area contributed by atoms with Gasteiger partial charge in [0.15, 0.2) is 0 Å². The number of hydrogen-bond donors (Lipinski definition) is 0. The zero-order valence-electron chi connectivity index (χ0n) is 15.3. The van der Waals surface area contributed by atoms with E-state index < -0.39 is 0 Å². The van der Waals surface area contributed by atoms with Crippen LogP contribution < -0.4 is 4.74 Å². The summed E-state index contributed by atoms with van der Waals surface area (Å²) in [5, 5.41) is 0. The molecule has 2 saturated carbocycles. The van der Waals surface area contributed by atoms with Crippen LogP contribution in [0.25, 0.3) is 0 Å². The maximum atomic E-state index is 12.4. The first kappa shape index (κ1) is 16.2. The third kappa shape index (κ3) is 2.50. The van der Waals surface area contributed by atoms with Crippen LogP contribution in [0.1, 0.15) is 69.9 Å². The predicted octanol–water partition coefficient (Wildman–Crippen LogP) is 5.15. The van der Waals surface area contributed by atoms with E-state index in [1.54, 1.807) is 5.56 Å². The molecule has 0 N–H and O–H groups in total. The Hall–Kier alpha value is -1.31. The van der Waals surface area contributed by atoms with Gasteiger partial charge in [0.1, 0.15) is 11.5 Å². The highest BCUT2D eigenvalue weighted by Crippen LogP contribution is 2.59. The Morgan fingerprint density at radius 3 is 2.83 bits per heavy atom. The summed E-state index contributed by atoms with van der Waals surface area (Å²) in [6.45, 7) is 7.41. The predicted molar refractivity (Wildman–Crippen MR) is 96.4 cm³/mol. The molecule has 2 nitrogen and oxygen atoms in total. The quantitative estimate of drug-likeness (QED) is 0.768. The van der Waals surface area contributed by atoms with Gasteiger partial charge >= 0.3 is 0 Å². The molecule has 0 heterocycles. The van der Waals surface area contributed by atoms with Crippen molar-refractivity contribution in [3.05, 3.63) is 29.3 Å². The molecule has 1 aromatic rings. The number of ether oxygens (including phenoxy) is 1. The molecule has 3 aliphatic rings. The number of carbonyl (C=O) groups is 1. The fourth-order valence-corrected chi connectivity index (χ4v) is 5.68. The molecule has 0 aromatic heterocycles. The zero-order chi connectivity index (χ0) is 16.9. The van der Waals surface area contributed by atoms with Crippen LogP contribution in [0.3, 0.4) is 0 Å². The highest BCUT2D eigenvalue weighted by atomic mass is 16.5. The molecule has 2 heteroatoms. The van der Waals surface area contributed by atoms with Gasteiger partial charge in [0.05, 0.1) is 6.61 Å². The second kappa shape index (κ2) is 5.89. The molecule has 0 spiro atoms. The first-order valence-corrected chi connectivity index (χ1v) is 9.78. The van der Waals surface area contributed by atoms with E-state index in [-0.39, 0.29) is 5.41 Å². The van der Waals surface area contributed by atoms with Crippen LogP contribution in [0.5, 0.6) is 5.75 Å². The largest absolute Gasteiger partial charge is 0.493 e. The van der Waals surface area contributed by atoms with Crippen LogP contribution in [0.15, 0.2) is 18.2 Å². The number of ketones is 1. The third-order valence-corrected chi connectivity index (χ3v) is 6.99. The van der Waals surface area contributed by atoms with E-state index in [0.29, 0.717) is 29.5 Å². The topological polar surface area (TPSA) is 26.3 Å². The molecule has 0 amide bonds. The van der Waals surface area contributed by atoms with Gasteiger partial charge in [-0.1, -0.05) is 26.8 Å². The van der Waals surface area contributed by atoms with Crippen molar-refractivity contribution >= 4 is 5.78 Å². The van der Waals surface area contributed by atoms with Crippen molar-refractivity contribution in [2.45, 2.75) is 65.2 Å².